The monoisotopic (exact) mass is 647 g/mol. The first-order valence-corrected chi connectivity index (χ1v) is 15.4. The second-order valence-corrected chi connectivity index (χ2v) is 11.6. The molecule has 0 spiro atoms. The minimum Gasteiger partial charge on any atom is -0.490 e. The highest BCUT2D eigenvalue weighted by molar-refractivity contribution is 7.07. The van der Waals surface area contributed by atoms with Gasteiger partial charge in [-0.2, -0.15) is 0 Å². The van der Waals surface area contributed by atoms with Crippen LogP contribution in [0, 0.1) is 17.0 Å². The standard InChI is InChI=1S/C33H30ClN3O7S/c1-5-42-26-16-22(15-25(34)30(26)44-18-21-9-13-24(14-10-21)37(40)41)17-27-31(38)36-29(23-11-7-19(3)8-12-23)28(32(39)43-6-2)20(4)35-33(36)45-27/h7-17,29H,5-6,18H2,1-4H3/b27-17+/t29-/m0/s1. The van der Waals surface area contributed by atoms with Gasteiger partial charge in [0.15, 0.2) is 16.3 Å². The van der Waals surface area contributed by atoms with Crippen molar-refractivity contribution in [3.63, 3.8) is 0 Å². The normalized spacial score (nSPS) is 14.5. The van der Waals surface area contributed by atoms with Crippen LogP contribution in [0.1, 0.15) is 49.1 Å². The molecule has 3 aromatic carbocycles. The number of esters is 1. The summed E-state index contributed by atoms with van der Waals surface area (Å²) >= 11 is 7.87. The van der Waals surface area contributed by atoms with E-state index in [2.05, 4.69) is 4.99 Å². The highest BCUT2D eigenvalue weighted by atomic mass is 35.5. The number of nitrogens with zero attached hydrogens (tertiary/aromatic N) is 3. The number of hydrogen-bond acceptors (Lipinski definition) is 9. The molecule has 0 amide bonds. The largest absolute Gasteiger partial charge is 0.490 e. The lowest BCUT2D eigenvalue weighted by molar-refractivity contribution is -0.384. The molecule has 0 bridgehead atoms. The van der Waals surface area contributed by atoms with Gasteiger partial charge in [-0.05, 0) is 74.7 Å². The van der Waals surface area contributed by atoms with Crippen molar-refractivity contribution >= 4 is 40.7 Å². The van der Waals surface area contributed by atoms with Crippen molar-refractivity contribution in [1.29, 1.82) is 0 Å². The number of carbonyl (C=O) groups is 1. The Balaban J connectivity index is 1.54. The SMILES string of the molecule is CCOC(=O)C1=C(C)N=c2s/c(=C/c3cc(Cl)c(OCc4ccc([N+](=O)[O-])cc4)c(OCC)c3)c(=O)n2[C@H]1c1ccc(C)cc1. The Hall–Kier alpha value is -4.74. The van der Waals surface area contributed by atoms with E-state index >= 15 is 0 Å². The van der Waals surface area contributed by atoms with Crippen LogP contribution in [0.4, 0.5) is 5.69 Å². The lowest BCUT2D eigenvalue weighted by atomic mass is 9.95. The Morgan fingerprint density at radius 2 is 1.78 bits per heavy atom. The van der Waals surface area contributed by atoms with E-state index < -0.39 is 16.9 Å². The fourth-order valence-electron chi connectivity index (χ4n) is 4.95. The molecule has 232 valence electrons. The molecule has 1 aliphatic heterocycles. The summed E-state index contributed by atoms with van der Waals surface area (Å²) in [6.07, 6.45) is 1.70. The Morgan fingerprint density at radius 3 is 2.42 bits per heavy atom. The molecule has 0 unspecified atom stereocenters. The molecule has 1 aromatic heterocycles. The van der Waals surface area contributed by atoms with Crippen LogP contribution in [0.15, 0.2) is 81.7 Å². The predicted molar refractivity (Wildman–Crippen MR) is 172 cm³/mol. The molecule has 0 saturated heterocycles. The number of aryl methyl sites for hydroxylation is 1. The van der Waals surface area contributed by atoms with Crippen molar-refractivity contribution in [1.82, 2.24) is 4.57 Å². The molecule has 5 rings (SSSR count). The third-order valence-electron chi connectivity index (χ3n) is 7.07. The van der Waals surface area contributed by atoms with E-state index in [4.69, 9.17) is 25.8 Å². The van der Waals surface area contributed by atoms with Gasteiger partial charge in [0.05, 0.1) is 45.0 Å². The van der Waals surface area contributed by atoms with Crippen molar-refractivity contribution in [2.45, 2.75) is 40.3 Å². The number of thiazole rings is 1. The van der Waals surface area contributed by atoms with Crippen LogP contribution < -0.4 is 24.4 Å². The summed E-state index contributed by atoms with van der Waals surface area (Å²) in [7, 11) is 0. The molecule has 45 heavy (non-hydrogen) atoms. The van der Waals surface area contributed by atoms with E-state index in [0.717, 1.165) is 11.1 Å². The van der Waals surface area contributed by atoms with E-state index in [9.17, 15) is 19.7 Å². The fourth-order valence-corrected chi connectivity index (χ4v) is 6.27. The van der Waals surface area contributed by atoms with E-state index in [1.54, 1.807) is 44.2 Å². The average molecular weight is 648 g/mol. The van der Waals surface area contributed by atoms with Crippen LogP contribution in [-0.2, 0) is 16.1 Å². The summed E-state index contributed by atoms with van der Waals surface area (Å²) in [5.74, 6) is 0.171. The van der Waals surface area contributed by atoms with Crippen molar-refractivity contribution in [2.24, 2.45) is 4.99 Å². The van der Waals surface area contributed by atoms with Crippen molar-refractivity contribution < 1.29 is 23.9 Å². The number of fused-ring (bicyclic) bond motifs is 1. The summed E-state index contributed by atoms with van der Waals surface area (Å²) < 4.78 is 19.1. The van der Waals surface area contributed by atoms with Gasteiger partial charge in [-0.15, -0.1) is 0 Å². The molecule has 0 aliphatic carbocycles. The highest BCUT2D eigenvalue weighted by Crippen LogP contribution is 2.38. The Labute approximate surface area is 267 Å². The van der Waals surface area contributed by atoms with E-state index in [0.29, 0.717) is 49.8 Å². The van der Waals surface area contributed by atoms with Crippen LogP contribution >= 0.6 is 22.9 Å². The predicted octanol–water partition coefficient (Wildman–Crippen LogP) is 5.65. The minimum atomic E-state index is -0.708. The number of non-ortho nitro benzene ring substituents is 1. The number of allylic oxidation sites excluding steroid dienone is 1. The van der Waals surface area contributed by atoms with E-state index in [1.807, 2.05) is 38.1 Å². The highest BCUT2D eigenvalue weighted by Gasteiger charge is 2.33. The second-order valence-electron chi connectivity index (χ2n) is 10.2. The smallest absolute Gasteiger partial charge is 0.338 e. The molecule has 0 radical (unpaired) electrons. The summed E-state index contributed by atoms with van der Waals surface area (Å²) in [5.41, 5.74) is 3.60. The topological polar surface area (TPSA) is 122 Å². The summed E-state index contributed by atoms with van der Waals surface area (Å²) in [4.78, 5) is 42.6. The molecule has 4 aromatic rings. The summed E-state index contributed by atoms with van der Waals surface area (Å²) in [6, 6.07) is 16.4. The van der Waals surface area contributed by atoms with Crippen LogP contribution in [0.2, 0.25) is 5.02 Å². The van der Waals surface area contributed by atoms with Gasteiger partial charge >= 0.3 is 5.97 Å². The first kappa shape index (κ1) is 31.7. The molecule has 12 heteroatoms. The zero-order valence-corrected chi connectivity index (χ0v) is 26.6. The zero-order valence-electron chi connectivity index (χ0n) is 25.0. The van der Waals surface area contributed by atoms with Gasteiger partial charge < -0.3 is 14.2 Å². The van der Waals surface area contributed by atoms with Crippen molar-refractivity contribution in [3.05, 3.63) is 129 Å². The van der Waals surface area contributed by atoms with Gasteiger partial charge in [-0.3, -0.25) is 19.5 Å². The maximum absolute atomic E-state index is 14.0. The number of benzene rings is 3. The first-order valence-electron chi connectivity index (χ1n) is 14.2. The van der Waals surface area contributed by atoms with Crippen molar-refractivity contribution in [3.8, 4) is 11.5 Å². The third-order valence-corrected chi connectivity index (χ3v) is 8.33. The van der Waals surface area contributed by atoms with Gasteiger partial charge in [0.25, 0.3) is 11.2 Å². The average Bonchev–Trinajstić information content (AvgIpc) is 3.30. The molecule has 1 atom stereocenters. The lowest BCUT2D eigenvalue weighted by Crippen LogP contribution is -2.39. The Bertz CT molecular complexity index is 1980. The fraction of sp³-hybridized carbons (Fsp3) is 0.242. The van der Waals surface area contributed by atoms with E-state index in [-0.39, 0.29) is 29.5 Å². The van der Waals surface area contributed by atoms with Gasteiger partial charge in [-0.1, -0.05) is 52.8 Å². The minimum absolute atomic E-state index is 0.0149. The van der Waals surface area contributed by atoms with Gasteiger partial charge in [0.2, 0.25) is 0 Å². The molecule has 1 aliphatic rings. The number of aromatic nitrogens is 1. The van der Waals surface area contributed by atoms with Crippen LogP contribution in [0.25, 0.3) is 6.08 Å². The number of carbonyl (C=O) groups excluding carboxylic acids is 1. The number of rotatable bonds is 10. The quantitative estimate of drug-likeness (QED) is 0.124. The molecular formula is C33H30ClN3O7S. The molecule has 10 nitrogen and oxygen atoms in total. The van der Waals surface area contributed by atoms with Crippen molar-refractivity contribution in [2.75, 3.05) is 13.2 Å². The molecule has 0 saturated carbocycles. The number of hydrogen-bond donors (Lipinski definition) is 0. The maximum Gasteiger partial charge on any atom is 0.338 e. The first-order chi connectivity index (χ1) is 21.6. The van der Waals surface area contributed by atoms with E-state index in [1.165, 1.54) is 28.0 Å². The Morgan fingerprint density at radius 1 is 1.07 bits per heavy atom. The van der Waals surface area contributed by atoms with Crippen LogP contribution in [-0.4, -0.2) is 28.7 Å². The number of ether oxygens (including phenoxy) is 3. The molecule has 0 fully saturated rings. The summed E-state index contributed by atoms with van der Waals surface area (Å²) in [5, 5.41) is 11.2. The molecule has 0 N–H and O–H groups in total. The van der Waals surface area contributed by atoms with Crippen LogP contribution in [0.3, 0.4) is 0 Å². The number of nitro groups is 1. The number of halogens is 1. The van der Waals surface area contributed by atoms with Crippen LogP contribution in [0.5, 0.6) is 11.5 Å². The lowest BCUT2D eigenvalue weighted by Gasteiger charge is -2.24. The molecule has 2 heterocycles. The summed E-state index contributed by atoms with van der Waals surface area (Å²) in [6.45, 7) is 7.91. The Kier molecular flexibility index (Phi) is 9.50. The van der Waals surface area contributed by atoms with Gasteiger partial charge in [0.1, 0.15) is 6.61 Å². The van der Waals surface area contributed by atoms with Gasteiger partial charge in [0, 0.05) is 12.1 Å². The van der Waals surface area contributed by atoms with Gasteiger partial charge in [-0.25, -0.2) is 9.79 Å². The zero-order chi connectivity index (χ0) is 32.2. The number of nitro benzene ring substituents is 1. The third kappa shape index (κ3) is 6.69. The molecular weight excluding hydrogens is 618 g/mol. The second kappa shape index (κ2) is 13.5. The maximum atomic E-state index is 14.0.